The molecule has 0 aliphatic heterocycles. The van der Waals surface area contributed by atoms with Gasteiger partial charge in [-0.3, -0.25) is 9.71 Å². The molecule has 0 saturated heterocycles. The van der Waals surface area contributed by atoms with E-state index in [1.54, 1.807) is 18.3 Å². The quantitative estimate of drug-likeness (QED) is 0.296. The second-order valence-corrected chi connectivity index (χ2v) is 9.29. The molecule has 35 heavy (non-hydrogen) atoms. The van der Waals surface area contributed by atoms with Gasteiger partial charge >= 0.3 is 0 Å². The summed E-state index contributed by atoms with van der Waals surface area (Å²) in [6.07, 6.45) is 1.75. The number of benzene rings is 3. The fraction of sp³-hybridized carbons (Fsp3) is 0.0370. The van der Waals surface area contributed by atoms with Gasteiger partial charge in [0.2, 0.25) is 0 Å². The molecule has 2 aromatic heterocycles. The number of fused-ring (bicyclic) bond motifs is 1. The van der Waals surface area contributed by atoms with E-state index in [1.165, 1.54) is 0 Å². The van der Waals surface area contributed by atoms with Crippen molar-refractivity contribution < 1.29 is 8.42 Å². The molecule has 8 heteroatoms. The highest BCUT2D eigenvalue weighted by Crippen LogP contribution is 2.37. The van der Waals surface area contributed by atoms with Gasteiger partial charge in [0.15, 0.2) is 0 Å². The van der Waals surface area contributed by atoms with Gasteiger partial charge in [-0.2, -0.15) is 8.42 Å². The molecule has 0 saturated carbocycles. The lowest BCUT2D eigenvalue weighted by molar-refractivity contribution is 0.603. The van der Waals surface area contributed by atoms with Gasteiger partial charge in [-0.05, 0) is 40.8 Å². The van der Waals surface area contributed by atoms with Crippen LogP contribution in [0.1, 0.15) is 5.69 Å². The topological polar surface area (TPSA) is 110 Å². The van der Waals surface area contributed by atoms with Crippen molar-refractivity contribution in [3.63, 3.8) is 0 Å². The third kappa shape index (κ3) is 5.13. The van der Waals surface area contributed by atoms with E-state index in [9.17, 15) is 8.42 Å². The zero-order valence-electron chi connectivity index (χ0n) is 18.7. The van der Waals surface area contributed by atoms with Gasteiger partial charge in [-0.15, -0.1) is 0 Å². The molecule has 0 aliphatic rings. The third-order valence-corrected chi connectivity index (χ3v) is 6.07. The predicted molar refractivity (Wildman–Crippen MR) is 141 cm³/mol. The van der Waals surface area contributed by atoms with E-state index in [-0.39, 0.29) is 0 Å². The Morgan fingerprint density at radius 2 is 1.54 bits per heavy atom. The zero-order valence-corrected chi connectivity index (χ0v) is 19.5. The summed E-state index contributed by atoms with van der Waals surface area (Å²) in [6.45, 7) is 0.479. The minimum Gasteiger partial charge on any atom is -0.364 e. The Morgan fingerprint density at radius 3 is 2.31 bits per heavy atom. The molecule has 7 nitrogen and oxygen atoms in total. The number of hydrogen-bond donors (Lipinski definition) is 3. The Kier molecular flexibility index (Phi) is 6.13. The predicted octanol–water partition coefficient (Wildman–Crippen LogP) is 5.19. The molecule has 0 spiro atoms. The first-order valence-corrected chi connectivity index (χ1v) is 12.6. The highest BCUT2D eigenvalue weighted by atomic mass is 32.2. The van der Waals surface area contributed by atoms with Gasteiger partial charge in [-0.25, -0.2) is 10.1 Å². The Bertz CT molecular complexity index is 1590. The Morgan fingerprint density at radius 1 is 0.800 bits per heavy atom. The number of para-hydroxylation sites is 1. The summed E-state index contributed by atoms with van der Waals surface area (Å²) in [7, 11) is -3.95. The summed E-state index contributed by atoms with van der Waals surface area (Å²) in [6, 6.07) is 31.0. The molecule has 5 rings (SSSR count). The second-order valence-electron chi connectivity index (χ2n) is 7.99. The molecular formula is C27H23N5O2S. The summed E-state index contributed by atoms with van der Waals surface area (Å²) in [5.41, 5.74) is 4.58. The van der Waals surface area contributed by atoms with Crippen LogP contribution in [0.25, 0.3) is 33.2 Å². The summed E-state index contributed by atoms with van der Waals surface area (Å²) in [4.78, 5) is 9.36. The maximum absolute atomic E-state index is 11.8. The lowest BCUT2D eigenvalue weighted by atomic mass is 9.97. The highest BCUT2D eigenvalue weighted by Gasteiger charge is 2.16. The van der Waals surface area contributed by atoms with Crippen LogP contribution in [-0.2, 0) is 16.8 Å². The van der Waals surface area contributed by atoms with Crippen LogP contribution in [0.15, 0.2) is 103 Å². The van der Waals surface area contributed by atoms with E-state index in [1.807, 2.05) is 66.7 Å². The van der Waals surface area contributed by atoms with E-state index in [2.05, 4.69) is 33.2 Å². The zero-order chi connectivity index (χ0) is 24.3. The van der Waals surface area contributed by atoms with Crippen molar-refractivity contribution in [2.45, 2.75) is 6.54 Å². The van der Waals surface area contributed by atoms with E-state index >= 15 is 0 Å². The average molecular weight is 482 g/mol. The van der Waals surface area contributed by atoms with Crippen LogP contribution in [0.4, 0.5) is 11.5 Å². The van der Waals surface area contributed by atoms with Crippen LogP contribution in [0.2, 0.25) is 0 Å². The number of nitrogens with zero attached hydrogens (tertiary/aromatic N) is 2. The summed E-state index contributed by atoms with van der Waals surface area (Å²) >= 11 is 0. The third-order valence-electron chi connectivity index (χ3n) is 5.56. The molecule has 0 amide bonds. The van der Waals surface area contributed by atoms with Gasteiger partial charge in [0.25, 0.3) is 10.2 Å². The maximum Gasteiger partial charge on any atom is 0.296 e. The first-order valence-electron chi connectivity index (χ1n) is 11.0. The van der Waals surface area contributed by atoms with Crippen LogP contribution in [0.3, 0.4) is 0 Å². The van der Waals surface area contributed by atoms with Crippen molar-refractivity contribution in [3.8, 4) is 22.4 Å². The molecule has 0 aliphatic carbocycles. The number of hydrogen-bond acceptors (Lipinski definition) is 5. The lowest BCUT2D eigenvalue weighted by Crippen LogP contribution is -2.22. The minimum atomic E-state index is -3.95. The van der Waals surface area contributed by atoms with Crippen molar-refractivity contribution in [2.24, 2.45) is 5.14 Å². The molecule has 0 radical (unpaired) electrons. The summed E-state index contributed by atoms with van der Waals surface area (Å²) in [5.74, 6) is 0.674. The fourth-order valence-corrected chi connectivity index (χ4v) is 4.55. The average Bonchev–Trinajstić information content (AvgIpc) is 2.87. The standard InChI is InChI=1S/C27H23N5O2S/c28-35(33,34)32-24-15-5-4-13-23(24)25-17-20-11-8-14-22(19-9-2-1-3-10-19)26(20)27(31-25)30-18-21-12-6-7-16-29-21/h1-17,32H,18H2,(H,30,31)(H2,28,33,34). The largest absolute Gasteiger partial charge is 0.364 e. The minimum absolute atomic E-state index is 0.358. The molecule has 0 unspecified atom stereocenters. The van der Waals surface area contributed by atoms with Gasteiger partial charge in [0.05, 0.1) is 23.6 Å². The lowest BCUT2D eigenvalue weighted by Gasteiger charge is -2.16. The van der Waals surface area contributed by atoms with Crippen LogP contribution >= 0.6 is 0 Å². The normalized spacial score (nSPS) is 11.3. The monoisotopic (exact) mass is 481 g/mol. The SMILES string of the molecule is NS(=O)(=O)Nc1ccccc1-c1cc2cccc(-c3ccccc3)c2c(NCc2ccccn2)n1. The van der Waals surface area contributed by atoms with Crippen molar-refractivity contribution in [3.05, 3.63) is 109 Å². The molecule has 174 valence electrons. The van der Waals surface area contributed by atoms with Crippen LogP contribution in [-0.4, -0.2) is 18.4 Å². The number of aromatic nitrogens is 2. The van der Waals surface area contributed by atoms with E-state index in [4.69, 9.17) is 10.1 Å². The maximum atomic E-state index is 11.8. The molecule has 2 heterocycles. The van der Waals surface area contributed by atoms with Crippen molar-refractivity contribution in [1.82, 2.24) is 9.97 Å². The van der Waals surface area contributed by atoms with Crippen molar-refractivity contribution >= 4 is 32.5 Å². The van der Waals surface area contributed by atoms with E-state index in [0.717, 1.165) is 27.6 Å². The van der Waals surface area contributed by atoms with Gasteiger partial charge < -0.3 is 5.32 Å². The Labute approximate surface area is 203 Å². The second kappa shape index (κ2) is 9.54. The van der Waals surface area contributed by atoms with Crippen LogP contribution in [0, 0.1) is 0 Å². The van der Waals surface area contributed by atoms with Gasteiger partial charge in [-0.1, -0.05) is 72.8 Å². The molecule has 5 aromatic rings. The highest BCUT2D eigenvalue weighted by molar-refractivity contribution is 7.90. The molecule has 0 atom stereocenters. The molecule has 4 N–H and O–H groups in total. The number of nitrogens with one attached hydrogen (secondary N) is 2. The van der Waals surface area contributed by atoms with Crippen molar-refractivity contribution in [2.75, 3.05) is 10.0 Å². The van der Waals surface area contributed by atoms with Gasteiger partial charge in [0, 0.05) is 17.1 Å². The smallest absolute Gasteiger partial charge is 0.296 e. The number of nitrogens with two attached hydrogens (primary N) is 1. The molecule has 3 aromatic carbocycles. The number of anilines is 2. The number of pyridine rings is 2. The first-order chi connectivity index (χ1) is 17.0. The van der Waals surface area contributed by atoms with Crippen LogP contribution < -0.4 is 15.2 Å². The van der Waals surface area contributed by atoms with Crippen LogP contribution in [0.5, 0.6) is 0 Å². The Balaban J connectivity index is 1.69. The van der Waals surface area contributed by atoms with Crippen molar-refractivity contribution in [1.29, 1.82) is 0 Å². The summed E-state index contributed by atoms with van der Waals surface area (Å²) < 4.78 is 25.9. The molecular weight excluding hydrogens is 458 g/mol. The first kappa shape index (κ1) is 22.5. The fourth-order valence-electron chi connectivity index (χ4n) is 4.06. The number of rotatable bonds is 7. The molecule has 0 fully saturated rings. The van der Waals surface area contributed by atoms with E-state index < -0.39 is 10.2 Å². The summed E-state index contributed by atoms with van der Waals surface area (Å²) in [5, 5.41) is 10.6. The Hall–Kier alpha value is -4.27. The van der Waals surface area contributed by atoms with Gasteiger partial charge in [0.1, 0.15) is 5.82 Å². The molecule has 0 bridgehead atoms. The van der Waals surface area contributed by atoms with E-state index in [0.29, 0.717) is 29.3 Å².